The molecule has 6 nitrogen and oxygen atoms in total. The van der Waals surface area contributed by atoms with E-state index in [0.29, 0.717) is 25.6 Å². The maximum Gasteiger partial charge on any atom is 0.312 e. The number of hydrogen-bond donors (Lipinski definition) is 0. The van der Waals surface area contributed by atoms with Crippen LogP contribution < -0.4 is 0 Å². The standard InChI is InChI=1S/C24H24N4O2S/c29-23-24(30)28(20-12-11-19(15-20)17-7-3-1-4-8-17)14-13-27(23)16-21-25-26-22(31-21)18-9-5-2-6-10-18/h1-10,19-20H,11-16H2/t19?,20-/m0/s1. The van der Waals surface area contributed by atoms with Crippen LogP contribution in [0.15, 0.2) is 60.7 Å². The second-order valence-electron chi connectivity index (χ2n) is 8.17. The topological polar surface area (TPSA) is 66.4 Å². The third-order valence-electron chi connectivity index (χ3n) is 6.27. The van der Waals surface area contributed by atoms with E-state index < -0.39 is 5.91 Å². The van der Waals surface area contributed by atoms with Crippen LogP contribution in [-0.4, -0.2) is 50.9 Å². The molecule has 31 heavy (non-hydrogen) atoms. The number of carbonyl (C=O) groups is 2. The van der Waals surface area contributed by atoms with Gasteiger partial charge in [-0.25, -0.2) is 0 Å². The fourth-order valence-corrected chi connectivity index (χ4v) is 5.50. The molecular weight excluding hydrogens is 408 g/mol. The molecule has 1 aromatic heterocycles. The molecule has 0 N–H and O–H groups in total. The first-order valence-electron chi connectivity index (χ1n) is 10.7. The predicted molar refractivity (Wildman–Crippen MR) is 119 cm³/mol. The average Bonchev–Trinajstić information content (AvgIpc) is 3.49. The third kappa shape index (κ3) is 4.10. The Bertz CT molecular complexity index is 1070. The van der Waals surface area contributed by atoms with Gasteiger partial charge in [-0.1, -0.05) is 72.0 Å². The van der Waals surface area contributed by atoms with Crippen LogP contribution in [0.1, 0.15) is 35.8 Å². The number of aromatic nitrogens is 2. The Labute approximate surface area is 185 Å². The van der Waals surface area contributed by atoms with Crippen LogP contribution in [0.25, 0.3) is 10.6 Å². The molecule has 2 aromatic carbocycles. The summed E-state index contributed by atoms with van der Waals surface area (Å²) in [5, 5.41) is 10.1. The van der Waals surface area contributed by atoms with Gasteiger partial charge in [0.1, 0.15) is 10.0 Å². The lowest BCUT2D eigenvalue weighted by Crippen LogP contribution is -2.56. The van der Waals surface area contributed by atoms with E-state index in [2.05, 4.69) is 34.5 Å². The third-order valence-corrected chi connectivity index (χ3v) is 7.23. The van der Waals surface area contributed by atoms with Gasteiger partial charge in [0.05, 0.1) is 6.54 Å². The Kier molecular flexibility index (Phi) is 5.51. The number of hydrogen-bond acceptors (Lipinski definition) is 5. The Morgan fingerprint density at radius 1 is 0.871 bits per heavy atom. The molecule has 2 heterocycles. The molecule has 2 amide bonds. The maximum absolute atomic E-state index is 12.9. The summed E-state index contributed by atoms with van der Waals surface area (Å²) in [4.78, 5) is 29.1. The summed E-state index contributed by atoms with van der Waals surface area (Å²) in [6.07, 6.45) is 2.94. The van der Waals surface area contributed by atoms with Crippen molar-refractivity contribution in [2.45, 2.75) is 37.8 Å². The van der Waals surface area contributed by atoms with Crippen LogP contribution in [0.3, 0.4) is 0 Å². The summed E-state index contributed by atoms with van der Waals surface area (Å²) >= 11 is 1.47. The van der Waals surface area contributed by atoms with Gasteiger partial charge >= 0.3 is 11.8 Å². The summed E-state index contributed by atoms with van der Waals surface area (Å²) in [6, 6.07) is 20.5. The van der Waals surface area contributed by atoms with Crippen molar-refractivity contribution in [3.8, 4) is 10.6 Å². The Morgan fingerprint density at radius 3 is 2.39 bits per heavy atom. The first-order valence-corrected chi connectivity index (χ1v) is 11.5. The molecule has 3 aromatic rings. The van der Waals surface area contributed by atoms with E-state index in [4.69, 9.17) is 0 Å². The first kappa shape index (κ1) is 19.9. The van der Waals surface area contributed by atoms with E-state index in [1.54, 1.807) is 9.80 Å². The number of piperazine rings is 1. The lowest BCUT2D eigenvalue weighted by molar-refractivity contribution is -0.158. The molecule has 1 saturated heterocycles. The quantitative estimate of drug-likeness (QED) is 0.577. The van der Waals surface area contributed by atoms with E-state index in [9.17, 15) is 9.59 Å². The predicted octanol–water partition coefficient (Wildman–Crippen LogP) is 3.71. The number of benzene rings is 2. The van der Waals surface area contributed by atoms with Crippen LogP contribution in [0.4, 0.5) is 0 Å². The summed E-state index contributed by atoms with van der Waals surface area (Å²) in [5.41, 5.74) is 2.33. The summed E-state index contributed by atoms with van der Waals surface area (Å²) < 4.78 is 0. The molecule has 1 aliphatic carbocycles. The molecule has 1 aliphatic heterocycles. The Balaban J connectivity index is 1.21. The largest absolute Gasteiger partial charge is 0.330 e. The highest BCUT2D eigenvalue weighted by atomic mass is 32.1. The second-order valence-corrected chi connectivity index (χ2v) is 9.23. The Hall–Kier alpha value is -3.06. The van der Waals surface area contributed by atoms with Crippen molar-refractivity contribution < 1.29 is 9.59 Å². The highest BCUT2D eigenvalue weighted by molar-refractivity contribution is 7.14. The van der Waals surface area contributed by atoms with Crippen LogP contribution in [0, 0.1) is 0 Å². The van der Waals surface area contributed by atoms with E-state index in [0.717, 1.165) is 34.8 Å². The van der Waals surface area contributed by atoms with Gasteiger partial charge in [-0.2, -0.15) is 0 Å². The van der Waals surface area contributed by atoms with Gasteiger partial charge in [0.25, 0.3) is 0 Å². The molecule has 0 bridgehead atoms. The first-order chi connectivity index (χ1) is 15.2. The summed E-state index contributed by atoms with van der Waals surface area (Å²) in [6.45, 7) is 1.46. The van der Waals surface area contributed by atoms with Crippen molar-refractivity contribution >= 4 is 23.2 Å². The van der Waals surface area contributed by atoms with Crippen molar-refractivity contribution in [2.24, 2.45) is 0 Å². The van der Waals surface area contributed by atoms with E-state index in [1.807, 2.05) is 36.4 Å². The minimum absolute atomic E-state index is 0.148. The molecule has 0 radical (unpaired) electrons. The smallest absolute Gasteiger partial charge is 0.312 e. The van der Waals surface area contributed by atoms with Crippen molar-refractivity contribution in [2.75, 3.05) is 13.1 Å². The monoisotopic (exact) mass is 432 g/mol. The normalized spacial score (nSPS) is 21.7. The van der Waals surface area contributed by atoms with E-state index >= 15 is 0 Å². The van der Waals surface area contributed by atoms with Crippen LogP contribution in [0.5, 0.6) is 0 Å². The highest BCUT2D eigenvalue weighted by Gasteiger charge is 2.39. The highest BCUT2D eigenvalue weighted by Crippen LogP contribution is 2.37. The molecule has 1 unspecified atom stereocenters. The number of nitrogens with zero attached hydrogens (tertiary/aromatic N) is 4. The van der Waals surface area contributed by atoms with Crippen molar-refractivity contribution in [1.82, 2.24) is 20.0 Å². The molecule has 7 heteroatoms. The molecular formula is C24H24N4O2S. The van der Waals surface area contributed by atoms with Crippen LogP contribution >= 0.6 is 11.3 Å². The van der Waals surface area contributed by atoms with Crippen LogP contribution in [0.2, 0.25) is 0 Å². The molecule has 5 rings (SSSR count). The van der Waals surface area contributed by atoms with Crippen molar-refractivity contribution in [1.29, 1.82) is 0 Å². The molecule has 0 spiro atoms. The summed E-state index contributed by atoms with van der Waals surface area (Å²) in [7, 11) is 0. The molecule has 2 atom stereocenters. The fourth-order valence-electron chi connectivity index (χ4n) is 4.64. The van der Waals surface area contributed by atoms with Gasteiger partial charge in [0.2, 0.25) is 0 Å². The zero-order valence-corrected chi connectivity index (χ0v) is 18.0. The molecule has 2 aliphatic rings. The average molecular weight is 433 g/mol. The van der Waals surface area contributed by atoms with Crippen molar-refractivity contribution in [3.05, 3.63) is 71.2 Å². The zero-order valence-electron chi connectivity index (χ0n) is 17.2. The van der Waals surface area contributed by atoms with Crippen LogP contribution in [-0.2, 0) is 16.1 Å². The van der Waals surface area contributed by atoms with Gasteiger partial charge in [0, 0.05) is 24.7 Å². The number of carbonyl (C=O) groups excluding carboxylic acids is 2. The molecule has 2 fully saturated rings. The number of rotatable bonds is 5. The molecule has 158 valence electrons. The second kappa shape index (κ2) is 8.59. The minimum Gasteiger partial charge on any atom is -0.330 e. The fraction of sp³-hybridized carbons (Fsp3) is 0.333. The molecule has 1 saturated carbocycles. The van der Waals surface area contributed by atoms with Gasteiger partial charge in [0.15, 0.2) is 0 Å². The van der Waals surface area contributed by atoms with Gasteiger partial charge in [-0.15, -0.1) is 10.2 Å². The van der Waals surface area contributed by atoms with E-state index in [1.165, 1.54) is 16.9 Å². The maximum atomic E-state index is 12.9. The lowest BCUT2D eigenvalue weighted by atomic mass is 9.97. The number of amides is 2. The van der Waals surface area contributed by atoms with Gasteiger partial charge in [-0.05, 0) is 30.7 Å². The Morgan fingerprint density at radius 2 is 1.61 bits per heavy atom. The van der Waals surface area contributed by atoms with Crippen molar-refractivity contribution in [3.63, 3.8) is 0 Å². The minimum atomic E-state index is -0.425. The lowest BCUT2D eigenvalue weighted by Gasteiger charge is -2.37. The summed E-state index contributed by atoms with van der Waals surface area (Å²) in [5.74, 6) is -0.339. The van der Waals surface area contributed by atoms with Gasteiger partial charge < -0.3 is 9.80 Å². The van der Waals surface area contributed by atoms with E-state index in [-0.39, 0.29) is 11.9 Å². The van der Waals surface area contributed by atoms with Gasteiger partial charge in [-0.3, -0.25) is 9.59 Å². The zero-order chi connectivity index (χ0) is 21.2. The SMILES string of the molecule is O=C1C(=O)N([C@H]2CCC(c3ccccc3)C2)CCN1Cc1nnc(-c2ccccc2)s1.